The second kappa shape index (κ2) is 8.56. The van der Waals surface area contributed by atoms with Crippen molar-refractivity contribution in [1.82, 2.24) is 0 Å². The van der Waals surface area contributed by atoms with Crippen LogP contribution < -0.4 is 0 Å². The number of carbonyl (C=O) groups is 1. The maximum absolute atomic E-state index is 12.0. The van der Waals surface area contributed by atoms with Crippen LogP contribution in [0.3, 0.4) is 0 Å². The molecule has 0 amide bonds. The molecule has 7 heteroatoms. The Morgan fingerprint density at radius 3 is 2.55 bits per heavy atom. The van der Waals surface area contributed by atoms with Gasteiger partial charge in [0.05, 0.1) is 23.9 Å². The lowest BCUT2D eigenvalue weighted by molar-refractivity contribution is -0.122. The largest absolute Gasteiger partial charge is 0.299 e. The molecule has 1 rings (SSSR count). The van der Waals surface area contributed by atoms with Crippen molar-refractivity contribution >= 4 is 39.4 Å². The number of carbonyl (C=O) groups excluding carboxylic acids is 1. The molecule has 0 saturated carbocycles. The summed E-state index contributed by atoms with van der Waals surface area (Å²) in [5.41, 5.74) is 0. The van der Waals surface area contributed by atoms with E-state index in [4.69, 9.17) is 4.55 Å². The fourth-order valence-electron chi connectivity index (χ4n) is 2.05. The second-order valence-electron chi connectivity index (χ2n) is 5.32. The molecule has 0 aromatic rings. The molecular formula is C13H23O4S3+. The maximum atomic E-state index is 12.0. The summed E-state index contributed by atoms with van der Waals surface area (Å²) in [5, 5.41) is 1.31. The Balaban J connectivity index is 2.56. The molecule has 1 aliphatic heterocycles. The Labute approximate surface area is 130 Å². The van der Waals surface area contributed by atoms with Crippen LogP contribution in [0.5, 0.6) is 0 Å². The first kappa shape index (κ1) is 18.2. The minimum atomic E-state index is -3.90. The lowest BCUT2D eigenvalue weighted by atomic mass is 9.90. The third-order valence-electron chi connectivity index (χ3n) is 3.26. The summed E-state index contributed by atoms with van der Waals surface area (Å²) in [6.07, 6.45) is 1.55. The zero-order chi connectivity index (χ0) is 15.2. The maximum Gasteiger partial charge on any atom is 0.264 e. The van der Waals surface area contributed by atoms with Crippen LogP contribution in [0.25, 0.3) is 0 Å². The summed E-state index contributed by atoms with van der Waals surface area (Å²) in [7, 11) is -3.90. The number of thioether (sulfide) groups is 2. The highest BCUT2D eigenvalue weighted by Gasteiger charge is 2.37. The average molecular weight is 340 g/mol. The molecule has 1 saturated heterocycles. The van der Waals surface area contributed by atoms with E-state index >= 15 is 0 Å². The van der Waals surface area contributed by atoms with E-state index in [1.165, 1.54) is 5.25 Å². The number of Topliss-reactive ketones (excluding diaryl/α,β-unsaturated/α-hetero) is 1. The highest BCUT2D eigenvalue weighted by Crippen LogP contribution is 2.40. The van der Waals surface area contributed by atoms with Crippen LogP contribution in [-0.4, -0.2) is 41.8 Å². The van der Waals surface area contributed by atoms with Gasteiger partial charge in [-0.15, -0.1) is 11.8 Å². The molecule has 4 nitrogen and oxygen atoms in total. The molecule has 0 spiro atoms. The first-order valence-electron chi connectivity index (χ1n) is 6.83. The molecule has 1 fully saturated rings. The lowest BCUT2D eigenvalue weighted by Gasteiger charge is -2.19. The molecule has 0 aliphatic carbocycles. The van der Waals surface area contributed by atoms with Crippen molar-refractivity contribution in [2.45, 2.75) is 33.1 Å². The SMILES string of the molecule is CC(C)C(=O)CC(CCCS(=O)(=O)O)[C+]1CSCCS1. The highest BCUT2D eigenvalue weighted by molar-refractivity contribution is 8.08. The van der Waals surface area contributed by atoms with E-state index in [1.54, 1.807) is 0 Å². The monoisotopic (exact) mass is 339 g/mol. The highest BCUT2D eigenvalue weighted by atomic mass is 32.2. The van der Waals surface area contributed by atoms with Crippen molar-refractivity contribution in [3.8, 4) is 0 Å². The minimum Gasteiger partial charge on any atom is -0.299 e. The number of ketones is 1. The number of hydrogen-bond acceptors (Lipinski definition) is 5. The van der Waals surface area contributed by atoms with Gasteiger partial charge < -0.3 is 0 Å². The van der Waals surface area contributed by atoms with Gasteiger partial charge in [0.2, 0.25) is 0 Å². The van der Waals surface area contributed by atoms with Gasteiger partial charge in [0, 0.05) is 17.4 Å². The minimum absolute atomic E-state index is 0.0147. The van der Waals surface area contributed by atoms with Gasteiger partial charge in [-0.1, -0.05) is 13.8 Å². The van der Waals surface area contributed by atoms with Crippen LogP contribution >= 0.6 is 23.5 Å². The van der Waals surface area contributed by atoms with Crippen LogP contribution in [0, 0.1) is 17.1 Å². The zero-order valence-corrected chi connectivity index (χ0v) is 14.5. The normalized spacial score (nSPS) is 18.3. The molecule has 0 radical (unpaired) electrons. The second-order valence-corrected chi connectivity index (χ2v) is 9.22. The van der Waals surface area contributed by atoms with Crippen molar-refractivity contribution in [1.29, 1.82) is 0 Å². The first-order chi connectivity index (χ1) is 9.29. The average Bonchev–Trinajstić information content (AvgIpc) is 2.37. The van der Waals surface area contributed by atoms with Crippen LogP contribution in [0.1, 0.15) is 33.1 Å². The zero-order valence-electron chi connectivity index (χ0n) is 12.0. The summed E-state index contributed by atoms with van der Waals surface area (Å²) < 4.78 is 30.4. The molecule has 116 valence electrons. The molecular weight excluding hydrogens is 316 g/mol. The van der Waals surface area contributed by atoms with Gasteiger partial charge in [0.1, 0.15) is 17.5 Å². The van der Waals surface area contributed by atoms with Gasteiger partial charge in [-0.2, -0.15) is 8.42 Å². The van der Waals surface area contributed by atoms with E-state index in [2.05, 4.69) is 0 Å². The Morgan fingerprint density at radius 1 is 1.35 bits per heavy atom. The van der Waals surface area contributed by atoms with Crippen LogP contribution in [-0.2, 0) is 14.9 Å². The van der Waals surface area contributed by atoms with Gasteiger partial charge in [0.15, 0.2) is 5.25 Å². The van der Waals surface area contributed by atoms with E-state index in [-0.39, 0.29) is 23.4 Å². The molecule has 1 N–H and O–H groups in total. The molecule has 1 heterocycles. The Morgan fingerprint density at radius 2 is 2.05 bits per heavy atom. The fraction of sp³-hybridized carbons (Fsp3) is 0.846. The van der Waals surface area contributed by atoms with Gasteiger partial charge >= 0.3 is 0 Å². The van der Waals surface area contributed by atoms with Crippen LogP contribution in [0.15, 0.2) is 0 Å². The van der Waals surface area contributed by atoms with Gasteiger partial charge in [-0.3, -0.25) is 9.35 Å². The van der Waals surface area contributed by atoms with Gasteiger partial charge in [-0.25, -0.2) is 0 Å². The number of hydrogen-bond donors (Lipinski definition) is 1. The van der Waals surface area contributed by atoms with E-state index in [0.29, 0.717) is 19.3 Å². The van der Waals surface area contributed by atoms with Crippen molar-refractivity contribution in [2.75, 3.05) is 23.0 Å². The predicted molar refractivity (Wildman–Crippen MR) is 86.6 cm³/mol. The Hall–Kier alpha value is 0.150. The smallest absolute Gasteiger partial charge is 0.264 e. The summed E-state index contributed by atoms with van der Waals surface area (Å²) in [6, 6.07) is 0. The molecule has 20 heavy (non-hydrogen) atoms. The van der Waals surface area contributed by atoms with Crippen molar-refractivity contribution < 1.29 is 17.8 Å². The van der Waals surface area contributed by atoms with Crippen LogP contribution in [0.2, 0.25) is 0 Å². The fourth-order valence-corrected chi connectivity index (χ4v) is 5.25. The summed E-state index contributed by atoms with van der Waals surface area (Å²) >= 11 is 3.68. The molecule has 1 unspecified atom stereocenters. The quantitative estimate of drug-likeness (QED) is 0.541. The van der Waals surface area contributed by atoms with Gasteiger partial charge in [0.25, 0.3) is 10.1 Å². The molecule has 1 atom stereocenters. The Kier molecular flexibility index (Phi) is 7.79. The van der Waals surface area contributed by atoms with E-state index < -0.39 is 10.1 Å². The van der Waals surface area contributed by atoms with E-state index in [9.17, 15) is 13.2 Å². The first-order valence-corrected chi connectivity index (χ1v) is 10.6. The van der Waals surface area contributed by atoms with Crippen molar-refractivity contribution in [3.05, 3.63) is 5.25 Å². The molecule has 0 aromatic heterocycles. The van der Waals surface area contributed by atoms with Gasteiger partial charge in [-0.05, 0) is 12.8 Å². The number of rotatable bonds is 8. The standard InChI is InChI=1S/C13H22O4S3/c1-10(2)12(14)8-11(4-3-7-20(15,16)17)13-9-18-5-6-19-13/h10-11H,3-9H2,1-2H3/p+1. The predicted octanol–water partition coefficient (Wildman–Crippen LogP) is 2.90. The molecule has 0 bridgehead atoms. The van der Waals surface area contributed by atoms with Crippen molar-refractivity contribution in [3.63, 3.8) is 0 Å². The van der Waals surface area contributed by atoms with Crippen LogP contribution in [0.4, 0.5) is 0 Å². The van der Waals surface area contributed by atoms with E-state index in [0.717, 1.165) is 17.3 Å². The van der Waals surface area contributed by atoms with Crippen molar-refractivity contribution in [2.24, 2.45) is 11.8 Å². The molecule has 1 aliphatic rings. The van der Waals surface area contributed by atoms with E-state index in [1.807, 2.05) is 37.4 Å². The summed E-state index contributed by atoms with van der Waals surface area (Å²) in [6.45, 7) is 3.79. The summed E-state index contributed by atoms with van der Waals surface area (Å²) in [5.74, 6) is 3.31. The Bertz CT molecular complexity index is 400. The third-order valence-corrected chi connectivity index (χ3v) is 6.77. The topological polar surface area (TPSA) is 71.4 Å². The molecule has 0 aromatic carbocycles. The third kappa shape index (κ3) is 7.24. The summed E-state index contributed by atoms with van der Waals surface area (Å²) in [4.78, 5) is 12.0. The lowest BCUT2D eigenvalue weighted by Crippen LogP contribution is -2.22.